The van der Waals surface area contributed by atoms with Gasteiger partial charge in [-0.05, 0) is 31.9 Å². The molecule has 0 radical (unpaired) electrons. The summed E-state index contributed by atoms with van der Waals surface area (Å²) in [7, 11) is 0. The molecule has 0 atom stereocenters. The van der Waals surface area contributed by atoms with Crippen molar-refractivity contribution in [1.82, 2.24) is 9.88 Å². The number of rotatable bonds is 5. The Bertz CT molecular complexity index is 954. The lowest BCUT2D eigenvalue weighted by atomic mass is 9.83. The SMILES string of the molecule is Cc1oc(-n2cccc2)c(C#N)c1C(=O)OCC(=O)NC1(C#N)CCCCC1. The summed E-state index contributed by atoms with van der Waals surface area (Å²) >= 11 is 0. The van der Waals surface area contributed by atoms with E-state index in [0.29, 0.717) is 12.8 Å². The molecule has 1 aliphatic rings. The summed E-state index contributed by atoms with van der Waals surface area (Å²) in [6.07, 6.45) is 7.33. The van der Waals surface area contributed by atoms with Crippen molar-refractivity contribution in [3.05, 3.63) is 41.4 Å². The number of esters is 1. The molecule has 28 heavy (non-hydrogen) atoms. The molecule has 1 amide bonds. The highest BCUT2D eigenvalue weighted by Gasteiger charge is 2.34. The number of nitrogens with one attached hydrogen (secondary N) is 1. The van der Waals surface area contributed by atoms with Crippen molar-refractivity contribution in [3.63, 3.8) is 0 Å². The van der Waals surface area contributed by atoms with Crippen molar-refractivity contribution in [1.29, 1.82) is 10.5 Å². The average molecular weight is 380 g/mol. The Balaban J connectivity index is 1.69. The fourth-order valence-electron chi connectivity index (χ4n) is 3.46. The van der Waals surface area contributed by atoms with Crippen molar-refractivity contribution in [2.24, 2.45) is 0 Å². The van der Waals surface area contributed by atoms with E-state index in [1.807, 2.05) is 6.07 Å². The zero-order chi connectivity index (χ0) is 20.1. The van der Waals surface area contributed by atoms with Crippen LogP contribution in [0, 0.1) is 29.6 Å². The second kappa shape index (κ2) is 8.01. The van der Waals surface area contributed by atoms with E-state index in [9.17, 15) is 20.1 Å². The zero-order valence-electron chi connectivity index (χ0n) is 15.5. The highest BCUT2D eigenvalue weighted by molar-refractivity contribution is 5.95. The predicted octanol–water partition coefficient (Wildman–Crippen LogP) is 2.75. The Kier molecular flexibility index (Phi) is 5.51. The number of carbonyl (C=O) groups is 2. The summed E-state index contributed by atoms with van der Waals surface area (Å²) in [5, 5.41) is 21.6. The van der Waals surface area contributed by atoms with E-state index in [1.165, 1.54) is 0 Å². The molecule has 0 unspecified atom stereocenters. The molecule has 0 aliphatic heterocycles. The molecule has 1 N–H and O–H groups in total. The van der Waals surface area contributed by atoms with Crippen molar-refractivity contribution in [2.75, 3.05) is 6.61 Å². The first-order chi connectivity index (χ1) is 13.5. The van der Waals surface area contributed by atoms with E-state index in [-0.39, 0.29) is 22.8 Å². The molecule has 8 heteroatoms. The van der Waals surface area contributed by atoms with Crippen LogP contribution in [0.4, 0.5) is 0 Å². The molecule has 0 bridgehead atoms. The normalized spacial score (nSPS) is 15.2. The predicted molar refractivity (Wildman–Crippen MR) is 97.3 cm³/mol. The number of hydrogen-bond acceptors (Lipinski definition) is 6. The van der Waals surface area contributed by atoms with Crippen molar-refractivity contribution >= 4 is 11.9 Å². The topological polar surface area (TPSA) is 121 Å². The Labute approximate surface area is 162 Å². The van der Waals surface area contributed by atoms with Crippen LogP contribution in [0.1, 0.15) is 53.8 Å². The van der Waals surface area contributed by atoms with Gasteiger partial charge in [-0.3, -0.25) is 9.36 Å². The van der Waals surface area contributed by atoms with Crippen LogP contribution < -0.4 is 5.32 Å². The summed E-state index contributed by atoms with van der Waals surface area (Å²) in [5.74, 6) is -0.915. The number of carbonyl (C=O) groups excluding carboxylic acids is 2. The zero-order valence-corrected chi connectivity index (χ0v) is 15.5. The molecule has 8 nitrogen and oxygen atoms in total. The lowest BCUT2D eigenvalue weighted by Gasteiger charge is -2.31. The van der Waals surface area contributed by atoms with Crippen LogP contribution in [0.3, 0.4) is 0 Å². The van der Waals surface area contributed by atoms with Gasteiger partial charge in [-0.2, -0.15) is 10.5 Å². The molecular weight excluding hydrogens is 360 g/mol. The maximum atomic E-state index is 12.5. The first-order valence-electron chi connectivity index (χ1n) is 9.06. The van der Waals surface area contributed by atoms with Gasteiger partial charge in [-0.15, -0.1) is 0 Å². The maximum Gasteiger partial charge on any atom is 0.343 e. The van der Waals surface area contributed by atoms with Gasteiger partial charge in [0.05, 0.1) is 6.07 Å². The largest absolute Gasteiger partial charge is 0.452 e. The third kappa shape index (κ3) is 3.77. The molecule has 1 fully saturated rings. The quantitative estimate of drug-likeness (QED) is 0.796. The third-order valence-corrected chi connectivity index (χ3v) is 4.85. The van der Waals surface area contributed by atoms with Crippen LogP contribution in [-0.4, -0.2) is 28.6 Å². The highest BCUT2D eigenvalue weighted by atomic mass is 16.5. The fraction of sp³-hybridized carbons (Fsp3) is 0.400. The van der Waals surface area contributed by atoms with Gasteiger partial charge in [0.15, 0.2) is 6.61 Å². The minimum absolute atomic E-state index is 0.00772. The minimum Gasteiger partial charge on any atom is -0.452 e. The van der Waals surface area contributed by atoms with Gasteiger partial charge in [0.25, 0.3) is 5.91 Å². The second-order valence-electron chi connectivity index (χ2n) is 6.79. The van der Waals surface area contributed by atoms with Crippen LogP contribution >= 0.6 is 0 Å². The summed E-state index contributed by atoms with van der Waals surface area (Å²) in [4.78, 5) is 24.7. The van der Waals surface area contributed by atoms with E-state index in [0.717, 1.165) is 19.3 Å². The number of ether oxygens (including phenoxy) is 1. The Hall–Kier alpha value is -3.52. The third-order valence-electron chi connectivity index (χ3n) is 4.85. The lowest BCUT2D eigenvalue weighted by Crippen LogP contribution is -2.50. The van der Waals surface area contributed by atoms with E-state index in [4.69, 9.17) is 9.15 Å². The maximum absolute atomic E-state index is 12.5. The Morgan fingerprint density at radius 1 is 1.25 bits per heavy atom. The summed E-state index contributed by atoms with van der Waals surface area (Å²) in [6.45, 7) is 1.02. The van der Waals surface area contributed by atoms with Gasteiger partial charge in [0.2, 0.25) is 5.88 Å². The lowest BCUT2D eigenvalue weighted by molar-refractivity contribution is -0.125. The van der Waals surface area contributed by atoms with E-state index >= 15 is 0 Å². The van der Waals surface area contributed by atoms with Gasteiger partial charge < -0.3 is 14.5 Å². The Morgan fingerprint density at radius 2 is 1.93 bits per heavy atom. The molecule has 1 aliphatic carbocycles. The van der Waals surface area contributed by atoms with Gasteiger partial charge in [0.1, 0.15) is 28.5 Å². The molecule has 0 aromatic carbocycles. The number of nitrogens with zero attached hydrogens (tertiary/aromatic N) is 3. The van der Waals surface area contributed by atoms with Gasteiger partial charge in [0, 0.05) is 12.4 Å². The second-order valence-corrected chi connectivity index (χ2v) is 6.79. The molecule has 0 saturated heterocycles. The van der Waals surface area contributed by atoms with Crippen LogP contribution in [0.15, 0.2) is 28.9 Å². The van der Waals surface area contributed by atoms with Crippen molar-refractivity contribution in [2.45, 2.75) is 44.6 Å². The minimum atomic E-state index is -0.896. The van der Waals surface area contributed by atoms with Crippen molar-refractivity contribution in [3.8, 4) is 18.0 Å². The molecular formula is C20H20N4O4. The molecule has 144 valence electrons. The number of aryl methyl sites for hydroxylation is 1. The highest BCUT2D eigenvalue weighted by Crippen LogP contribution is 2.28. The number of furan rings is 1. The van der Waals surface area contributed by atoms with Crippen LogP contribution in [0.2, 0.25) is 0 Å². The van der Waals surface area contributed by atoms with E-state index in [2.05, 4.69) is 11.4 Å². The summed E-state index contributed by atoms with van der Waals surface area (Å²) in [6, 6.07) is 7.67. The molecule has 2 heterocycles. The smallest absolute Gasteiger partial charge is 0.343 e. The van der Waals surface area contributed by atoms with Gasteiger partial charge in [-0.25, -0.2) is 4.79 Å². The monoisotopic (exact) mass is 380 g/mol. The van der Waals surface area contributed by atoms with Gasteiger partial charge in [-0.1, -0.05) is 19.3 Å². The van der Waals surface area contributed by atoms with Crippen LogP contribution in [-0.2, 0) is 9.53 Å². The van der Waals surface area contributed by atoms with E-state index < -0.39 is 24.0 Å². The molecule has 1 saturated carbocycles. The van der Waals surface area contributed by atoms with Gasteiger partial charge >= 0.3 is 5.97 Å². The Morgan fingerprint density at radius 3 is 2.54 bits per heavy atom. The molecule has 0 spiro atoms. The molecule has 3 rings (SSSR count). The number of aromatic nitrogens is 1. The fourth-order valence-corrected chi connectivity index (χ4v) is 3.46. The first-order valence-corrected chi connectivity index (χ1v) is 9.06. The van der Waals surface area contributed by atoms with E-state index in [1.54, 1.807) is 36.0 Å². The van der Waals surface area contributed by atoms with Crippen LogP contribution in [0.5, 0.6) is 0 Å². The standard InChI is InChI=1S/C20H20N4O4/c1-14-17(15(11-21)18(28-14)24-9-5-6-10-24)19(26)27-12-16(25)23-20(13-22)7-3-2-4-8-20/h5-6,9-10H,2-4,7-8,12H2,1H3,(H,23,25). The number of amides is 1. The summed E-state index contributed by atoms with van der Waals surface area (Å²) < 4.78 is 12.2. The van der Waals surface area contributed by atoms with Crippen molar-refractivity contribution < 1.29 is 18.7 Å². The number of nitriles is 2. The first kappa shape index (κ1) is 19.2. The van der Waals surface area contributed by atoms with Crippen LogP contribution in [0.25, 0.3) is 5.88 Å². The number of hydrogen-bond donors (Lipinski definition) is 1. The molecule has 2 aromatic heterocycles. The summed E-state index contributed by atoms with van der Waals surface area (Å²) in [5.41, 5.74) is -0.862. The molecule has 2 aromatic rings. The average Bonchev–Trinajstić information content (AvgIpc) is 3.34.